The highest BCUT2D eigenvalue weighted by Gasteiger charge is 2.07. The second-order valence-corrected chi connectivity index (χ2v) is 5.67. The molecule has 2 aromatic rings. The van der Waals surface area contributed by atoms with Crippen molar-refractivity contribution in [2.45, 2.75) is 33.1 Å². The third kappa shape index (κ3) is 4.04. The molecule has 0 aliphatic rings. The highest BCUT2D eigenvalue weighted by Crippen LogP contribution is 2.22. The summed E-state index contributed by atoms with van der Waals surface area (Å²) in [5.41, 5.74) is 2.13. The van der Waals surface area contributed by atoms with Gasteiger partial charge in [0.25, 0.3) is 0 Å². The Morgan fingerprint density at radius 1 is 1.10 bits per heavy atom. The van der Waals surface area contributed by atoms with E-state index >= 15 is 0 Å². The number of nitrogens with one attached hydrogen (secondary N) is 1. The standard InChI is InChI=1S/C16H20BrN3/c1-3-6-14-11-15(18-9-4-2)20-16(19-14)12-7-5-8-13(17)10-12/h5,7-8,10-11H,3-4,6,9H2,1-2H3,(H,18,19,20). The number of hydrogen-bond donors (Lipinski definition) is 1. The Morgan fingerprint density at radius 2 is 1.95 bits per heavy atom. The molecular weight excluding hydrogens is 314 g/mol. The summed E-state index contributed by atoms with van der Waals surface area (Å²) < 4.78 is 1.04. The number of aryl methyl sites for hydroxylation is 1. The molecule has 0 unspecified atom stereocenters. The van der Waals surface area contributed by atoms with Gasteiger partial charge in [-0.3, -0.25) is 0 Å². The fourth-order valence-electron chi connectivity index (χ4n) is 1.98. The average Bonchev–Trinajstić information content (AvgIpc) is 2.45. The van der Waals surface area contributed by atoms with E-state index < -0.39 is 0 Å². The molecule has 0 fully saturated rings. The number of hydrogen-bond acceptors (Lipinski definition) is 3. The van der Waals surface area contributed by atoms with E-state index in [-0.39, 0.29) is 0 Å². The van der Waals surface area contributed by atoms with Crippen molar-refractivity contribution in [1.82, 2.24) is 9.97 Å². The lowest BCUT2D eigenvalue weighted by atomic mass is 10.2. The lowest BCUT2D eigenvalue weighted by molar-refractivity contribution is 0.872. The Balaban J connectivity index is 2.37. The SMILES string of the molecule is CCCNc1cc(CCC)nc(-c2cccc(Br)c2)n1. The van der Waals surface area contributed by atoms with E-state index in [0.717, 1.165) is 53.2 Å². The lowest BCUT2D eigenvalue weighted by Gasteiger charge is -2.09. The van der Waals surface area contributed by atoms with Gasteiger partial charge in [0.1, 0.15) is 5.82 Å². The van der Waals surface area contributed by atoms with E-state index in [1.807, 2.05) is 18.2 Å². The molecule has 0 amide bonds. The van der Waals surface area contributed by atoms with Crippen molar-refractivity contribution in [2.75, 3.05) is 11.9 Å². The predicted molar refractivity (Wildman–Crippen MR) is 87.9 cm³/mol. The zero-order valence-corrected chi connectivity index (χ0v) is 13.6. The first-order valence-corrected chi connectivity index (χ1v) is 7.90. The van der Waals surface area contributed by atoms with Gasteiger partial charge >= 0.3 is 0 Å². The molecule has 0 radical (unpaired) electrons. The molecule has 0 saturated carbocycles. The smallest absolute Gasteiger partial charge is 0.161 e. The topological polar surface area (TPSA) is 37.8 Å². The zero-order valence-electron chi connectivity index (χ0n) is 12.0. The van der Waals surface area contributed by atoms with Gasteiger partial charge in [0, 0.05) is 28.3 Å². The van der Waals surface area contributed by atoms with Crippen LogP contribution in [-0.2, 0) is 6.42 Å². The second-order valence-electron chi connectivity index (χ2n) is 4.76. The van der Waals surface area contributed by atoms with Crippen LogP contribution >= 0.6 is 15.9 Å². The van der Waals surface area contributed by atoms with Gasteiger partial charge in [0.05, 0.1) is 0 Å². The Morgan fingerprint density at radius 3 is 2.65 bits per heavy atom. The minimum atomic E-state index is 0.788. The molecule has 4 heteroatoms. The first-order valence-electron chi connectivity index (χ1n) is 7.10. The van der Waals surface area contributed by atoms with Crippen LogP contribution in [0.1, 0.15) is 32.4 Å². The monoisotopic (exact) mass is 333 g/mol. The second kappa shape index (κ2) is 7.39. The van der Waals surface area contributed by atoms with Crippen molar-refractivity contribution in [3.05, 3.63) is 40.5 Å². The fourth-order valence-corrected chi connectivity index (χ4v) is 2.38. The summed E-state index contributed by atoms with van der Waals surface area (Å²) in [5.74, 6) is 1.70. The Bertz CT molecular complexity index is 569. The number of benzene rings is 1. The molecule has 0 spiro atoms. The summed E-state index contributed by atoms with van der Waals surface area (Å²) in [7, 11) is 0. The van der Waals surface area contributed by atoms with E-state index in [4.69, 9.17) is 0 Å². The number of anilines is 1. The number of nitrogens with zero attached hydrogens (tertiary/aromatic N) is 2. The van der Waals surface area contributed by atoms with Crippen molar-refractivity contribution in [3.63, 3.8) is 0 Å². The Hall–Kier alpha value is -1.42. The zero-order chi connectivity index (χ0) is 14.4. The van der Waals surface area contributed by atoms with Crippen LogP contribution in [0.3, 0.4) is 0 Å². The predicted octanol–water partition coefficient (Wildman–Crippen LogP) is 4.68. The molecule has 1 heterocycles. The van der Waals surface area contributed by atoms with E-state index in [9.17, 15) is 0 Å². The van der Waals surface area contributed by atoms with Crippen LogP contribution in [-0.4, -0.2) is 16.5 Å². The summed E-state index contributed by atoms with van der Waals surface area (Å²) in [6.07, 6.45) is 3.14. The normalized spacial score (nSPS) is 10.6. The largest absolute Gasteiger partial charge is 0.370 e. The van der Waals surface area contributed by atoms with E-state index in [0.29, 0.717) is 0 Å². The van der Waals surface area contributed by atoms with Gasteiger partial charge in [-0.2, -0.15) is 0 Å². The molecular formula is C16H20BrN3. The Kier molecular flexibility index (Phi) is 5.53. The third-order valence-electron chi connectivity index (χ3n) is 2.92. The lowest BCUT2D eigenvalue weighted by Crippen LogP contribution is -2.05. The van der Waals surface area contributed by atoms with Crippen LogP contribution in [0, 0.1) is 0 Å². The summed E-state index contributed by atoms with van der Waals surface area (Å²) in [5, 5.41) is 3.36. The van der Waals surface area contributed by atoms with Gasteiger partial charge in [-0.25, -0.2) is 9.97 Å². The molecule has 106 valence electrons. The number of halogens is 1. The van der Waals surface area contributed by atoms with E-state index in [1.165, 1.54) is 0 Å². The highest BCUT2D eigenvalue weighted by molar-refractivity contribution is 9.10. The highest BCUT2D eigenvalue weighted by atomic mass is 79.9. The summed E-state index contributed by atoms with van der Waals surface area (Å²) in [4.78, 5) is 9.29. The van der Waals surface area contributed by atoms with Gasteiger partial charge < -0.3 is 5.32 Å². The summed E-state index contributed by atoms with van der Waals surface area (Å²) in [6.45, 7) is 5.25. The molecule has 0 bridgehead atoms. The van der Waals surface area contributed by atoms with Crippen molar-refractivity contribution in [1.29, 1.82) is 0 Å². The van der Waals surface area contributed by atoms with Gasteiger partial charge in [-0.1, -0.05) is 48.3 Å². The van der Waals surface area contributed by atoms with Gasteiger partial charge in [-0.05, 0) is 25.0 Å². The molecule has 0 aliphatic carbocycles. The van der Waals surface area contributed by atoms with Gasteiger partial charge in [0.2, 0.25) is 0 Å². The van der Waals surface area contributed by atoms with E-state index in [1.54, 1.807) is 0 Å². The molecule has 1 aromatic heterocycles. The maximum atomic E-state index is 4.67. The summed E-state index contributed by atoms with van der Waals surface area (Å²) >= 11 is 3.50. The average molecular weight is 334 g/mol. The molecule has 1 N–H and O–H groups in total. The molecule has 3 nitrogen and oxygen atoms in total. The quantitative estimate of drug-likeness (QED) is 0.833. The van der Waals surface area contributed by atoms with Crippen molar-refractivity contribution in [3.8, 4) is 11.4 Å². The number of rotatable bonds is 6. The fraction of sp³-hybridized carbons (Fsp3) is 0.375. The maximum absolute atomic E-state index is 4.67. The van der Waals surface area contributed by atoms with Crippen LogP contribution in [0.15, 0.2) is 34.8 Å². The van der Waals surface area contributed by atoms with Crippen molar-refractivity contribution < 1.29 is 0 Å². The summed E-state index contributed by atoms with van der Waals surface area (Å²) in [6, 6.07) is 10.2. The molecule has 0 saturated heterocycles. The molecule has 20 heavy (non-hydrogen) atoms. The van der Waals surface area contributed by atoms with Crippen LogP contribution < -0.4 is 5.32 Å². The molecule has 2 rings (SSSR count). The van der Waals surface area contributed by atoms with Crippen LogP contribution in [0.5, 0.6) is 0 Å². The minimum absolute atomic E-state index is 0.788. The molecule has 1 aromatic carbocycles. The van der Waals surface area contributed by atoms with E-state index in [2.05, 4.69) is 57.2 Å². The van der Waals surface area contributed by atoms with Gasteiger partial charge in [0.15, 0.2) is 5.82 Å². The van der Waals surface area contributed by atoms with Crippen LogP contribution in [0.4, 0.5) is 5.82 Å². The first kappa shape index (κ1) is 15.0. The maximum Gasteiger partial charge on any atom is 0.161 e. The minimum Gasteiger partial charge on any atom is -0.370 e. The van der Waals surface area contributed by atoms with Crippen molar-refractivity contribution in [2.24, 2.45) is 0 Å². The first-order chi connectivity index (χ1) is 9.72. The molecule has 0 aliphatic heterocycles. The van der Waals surface area contributed by atoms with Crippen molar-refractivity contribution >= 4 is 21.7 Å². The van der Waals surface area contributed by atoms with Crippen LogP contribution in [0.2, 0.25) is 0 Å². The molecule has 0 atom stereocenters. The van der Waals surface area contributed by atoms with Crippen LogP contribution in [0.25, 0.3) is 11.4 Å². The Labute approximate surface area is 129 Å². The van der Waals surface area contributed by atoms with Gasteiger partial charge in [-0.15, -0.1) is 0 Å². The third-order valence-corrected chi connectivity index (χ3v) is 3.42. The number of aromatic nitrogens is 2.